The molecule has 1 unspecified atom stereocenters. The molecule has 1 saturated carbocycles. The van der Waals surface area contributed by atoms with Gasteiger partial charge in [0, 0.05) is 5.25 Å². The lowest BCUT2D eigenvalue weighted by atomic mass is 9.85. The third kappa shape index (κ3) is 1.70. The van der Waals surface area contributed by atoms with E-state index in [1.54, 1.807) is 0 Å². The first kappa shape index (κ1) is 9.49. The second-order valence-corrected chi connectivity index (χ2v) is 6.53. The summed E-state index contributed by atoms with van der Waals surface area (Å²) >= 11 is 1.96. The summed E-state index contributed by atoms with van der Waals surface area (Å²) in [5, 5.41) is 0.707. The van der Waals surface area contributed by atoms with Gasteiger partial charge < -0.3 is 10.5 Å². The number of hydrogen-bond donors (Lipinski definition) is 1. The lowest BCUT2D eigenvalue weighted by molar-refractivity contribution is 0.316. The van der Waals surface area contributed by atoms with Crippen molar-refractivity contribution < 1.29 is 4.74 Å². The molecule has 2 nitrogen and oxygen atoms in total. The molecule has 2 heterocycles. The Hall–Kier alpha value is 0.270. The van der Waals surface area contributed by atoms with E-state index in [0.717, 1.165) is 12.5 Å². The number of rotatable bonds is 3. The van der Waals surface area contributed by atoms with Gasteiger partial charge in [-0.05, 0) is 12.3 Å². The van der Waals surface area contributed by atoms with Crippen LogP contribution in [-0.4, -0.2) is 22.8 Å². The molecule has 3 rings (SSSR count). The molecule has 14 heavy (non-hydrogen) atoms. The Morgan fingerprint density at radius 2 is 2.00 bits per heavy atom. The van der Waals surface area contributed by atoms with Gasteiger partial charge in [-0.1, -0.05) is 32.1 Å². The van der Waals surface area contributed by atoms with Gasteiger partial charge in [-0.15, -0.1) is 11.8 Å². The van der Waals surface area contributed by atoms with Gasteiger partial charge in [0.25, 0.3) is 0 Å². The van der Waals surface area contributed by atoms with E-state index < -0.39 is 0 Å². The number of hydrogen-bond acceptors (Lipinski definition) is 3. The molecule has 0 radical (unpaired) electrons. The fourth-order valence-corrected chi connectivity index (χ4v) is 4.09. The van der Waals surface area contributed by atoms with Crippen molar-refractivity contribution in [3.8, 4) is 0 Å². The van der Waals surface area contributed by atoms with Crippen LogP contribution in [0.25, 0.3) is 0 Å². The smallest absolute Gasteiger partial charge is 0.109 e. The van der Waals surface area contributed by atoms with Crippen molar-refractivity contribution in [1.29, 1.82) is 0 Å². The maximum Gasteiger partial charge on any atom is 0.109 e. The standard InChI is InChI=1S/C11H19NOS/c12-11(9-7-13-9)10(14-11)6-8-4-2-1-3-5-8/h8-10H,1-7,12H2/t9-,10?,11-/m1/s1. The number of epoxide rings is 1. The summed E-state index contributed by atoms with van der Waals surface area (Å²) in [5.41, 5.74) is 6.25. The molecule has 2 N–H and O–H groups in total. The number of thioether (sulfide) groups is 1. The molecular formula is C11H19NOS. The van der Waals surface area contributed by atoms with E-state index in [2.05, 4.69) is 0 Å². The summed E-state index contributed by atoms with van der Waals surface area (Å²) in [6.45, 7) is 0.907. The normalized spacial score (nSPS) is 47.8. The van der Waals surface area contributed by atoms with Crippen LogP contribution in [0.15, 0.2) is 0 Å². The van der Waals surface area contributed by atoms with Gasteiger partial charge in [0.2, 0.25) is 0 Å². The van der Waals surface area contributed by atoms with Crippen LogP contribution >= 0.6 is 11.8 Å². The van der Waals surface area contributed by atoms with Gasteiger partial charge in [0.15, 0.2) is 0 Å². The first-order valence-electron chi connectivity index (χ1n) is 5.87. The molecule has 3 heteroatoms. The van der Waals surface area contributed by atoms with Crippen LogP contribution in [0.3, 0.4) is 0 Å². The van der Waals surface area contributed by atoms with Crippen molar-refractivity contribution >= 4 is 11.8 Å². The van der Waals surface area contributed by atoms with Crippen molar-refractivity contribution in [1.82, 2.24) is 0 Å². The Kier molecular flexibility index (Phi) is 2.30. The zero-order valence-corrected chi connectivity index (χ0v) is 9.39. The van der Waals surface area contributed by atoms with Crippen LogP contribution in [0.1, 0.15) is 38.5 Å². The van der Waals surface area contributed by atoms with Gasteiger partial charge in [0.05, 0.1) is 6.61 Å². The highest BCUT2D eigenvalue weighted by molar-refractivity contribution is 8.08. The number of nitrogens with two attached hydrogens (primary N) is 1. The largest absolute Gasteiger partial charge is 0.370 e. The van der Waals surface area contributed by atoms with Crippen molar-refractivity contribution in [3.63, 3.8) is 0 Å². The van der Waals surface area contributed by atoms with Gasteiger partial charge in [-0.25, -0.2) is 0 Å². The molecule has 0 bridgehead atoms. The molecule has 3 aliphatic rings. The maximum atomic E-state index is 6.25. The molecule has 2 aliphatic heterocycles. The molecule has 3 fully saturated rings. The topological polar surface area (TPSA) is 38.5 Å². The second kappa shape index (κ2) is 3.39. The summed E-state index contributed by atoms with van der Waals surface area (Å²) in [6.07, 6.45) is 8.96. The molecule has 0 aromatic heterocycles. The lowest BCUT2D eigenvalue weighted by Gasteiger charge is -2.21. The molecule has 0 spiro atoms. The van der Waals surface area contributed by atoms with Crippen LogP contribution in [0.4, 0.5) is 0 Å². The molecule has 3 atom stereocenters. The molecule has 1 aliphatic carbocycles. The lowest BCUT2D eigenvalue weighted by Crippen LogP contribution is -2.33. The first-order chi connectivity index (χ1) is 6.79. The Morgan fingerprint density at radius 3 is 2.64 bits per heavy atom. The van der Waals surface area contributed by atoms with Crippen LogP contribution in [0.2, 0.25) is 0 Å². The van der Waals surface area contributed by atoms with E-state index in [-0.39, 0.29) is 4.87 Å². The SMILES string of the molecule is N[C@]1([C@H]2CO2)SC1CC1CCCCC1. The molecule has 2 saturated heterocycles. The predicted molar refractivity (Wildman–Crippen MR) is 59.2 cm³/mol. The van der Waals surface area contributed by atoms with Gasteiger partial charge in [-0.2, -0.15) is 0 Å². The number of ether oxygens (including phenoxy) is 1. The highest BCUT2D eigenvalue weighted by Gasteiger charge is 2.62. The third-order valence-electron chi connectivity index (χ3n) is 3.90. The Labute approximate surface area is 89.9 Å². The first-order valence-corrected chi connectivity index (χ1v) is 6.75. The molecule has 0 aromatic rings. The second-order valence-electron chi connectivity index (χ2n) is 5.02. The zero-order chi connectivity index (χ0) is 9.60. The minimum Gasteiger partial charge on any atom is -0.370 e. The quantitative estimate of drug-likeness (QED) is 0.730. The van der Waals surface area contributed by atoms with Crippen LogP contribution in [-0.2, 0) is 4.74 Å². The summed E-state index contributed by atoms with van der Waals surface area (Å²) in [5.74, 6) is 0.963. The Bertz CT molecular complexity index is 225. The van der Waals surface area contributed by atoms with E-state index in [0.29, 0.717) is 11.4 Å². The van der Waals surface area contributed by atoms with Crippen molar-refractivity contribution in [3.05, 3.63) is 0 Å². The van der Waals surface area contributed by atoms with E-state index in [9.17, 15) is 0 Å². The summed E-state index contributed by atoms with van der Waals surface area (Å²) in [6, 6.07) is 0. The summed E-state index contributed by atoms with van der Waals surface area (Å²) in [7, 11) is 0. The van der Waals surface area contributed by atoms with Gasteiger partial charge in [-0.3, -0.25) is 0 Å². The van der Waals surface area contributed by atoms with E-state index in [1.165, 1.54) is 38.5 Å². The summed E-state index contributed by atoms with van der Waals surface area (Å²) < 4.78 is 5.31. The van der Waals surface area contributed by atoms with E-state index in [1.807, 2.05) is 11.8 Å². The highest BCUT2D eigenvalue weighted by Crippen LogP contribution is 2.58. The average Bonchev–Trinajstić information content (AvgIpc) is 3.05. The Balaban J connectivity index is 1.49. The maximum absolute atomic E-state index is 6.25. The van der Waals surface area contributed by atoms with Gasteiger partial charge in [0.1, 0.15) is 11.0 Å². The van der Waals surface area contributed by atoms with E-state index in [4.69, 9.17) is 10.5 Å². The fourth-order valence-electron chi connectivity index (χ4n) is 2.76. The average molecular weight is 213 g/mol. The Morgan fingerprint density at radius 1 is 1.29 bits per heavy atom. The third-order valence-corrected chi connectivity index (χ3v) is 5.47. The molecule has 0 aromatic carbocycles. The minimum atomic E-state index is 0.0252. The van der Waals surface area contributed by atoms with Crippen molar-refractivity contribution in [2.45, 2.75) is 54.7 Å². The fraction of sp³-hybridized carbons (Fsp3) is 1.00. The van der Waals surface area contributed by atoms with Crippen LogP contribution < -0.4 is 5.73 Å². The molecule has 80 valence electrons. The predicted octanol–water partition coefficient (Wildman–Crippen LogP) is 2.13. The van der Waals surface area contributed by atoms with Crippen LogP contribution in [0.5, 0.6) is 0 Å². The highest BCUT2D eigenvalue weighted by atomic mass is 32.2. The van der Waals surface area contributed by atoms with E-state index >= 15 is 0 Å². The zero-order valence-electron chi connectivity index (χ0n) is 8.58. The summed E-state index contributed by atoms with van der Waals surface area (Å²) in [4.78, 5) is 0.0252. The molecule has 0 amide bonds. The monoisotopic (exact) mass is 213 g/mol. The van der Waals surface area contributed by atoms with Gasteiger partial charge >= 0.3 is 0 Å². The van der Waals surface area contributed by atoms with Crippen molar-refractivity contribution in [2.75, 3.05) is 6.61 Å². The minimum absolute atomic E-state index is 0.0252. The molecular weight excluding hydrogens is 194 g/mol. The van der Waals surface area contributed by atoms with Crippen LogP contribution in [0, 0.1) is 5.92 Å². The van der Waals surface area contributed by atoms with Crippen molar-refractivity contribution in [2.24, 2.45) is 11.7 Å².